The third-order valence-corrected chi connectivity index (χ3v) is 5.82. The zero-order chi connectivity index (χ0) is 23.1. The molecule has 0 saturated carbocycles. The summed E-state index contributed by atoms with van der Waals surface area (Å²) in [5.41, 5.74) is 1.25. The highest BCUT2D eigenvalue weighted by Gasteiger charge is 2.44. The Labute approximate surface area is 187 Å². The summed E-state index contributed by atoms with van der Waals surface area (Å²) in [6.07, 6.45) is 1.79. The van der Waals surface area contributed by atoms with E-state index in [9.17, 15) is 24.0 Å². The van der Waals surface area contributed by atoms with Gasteiger partial charge >= 0.3 is 0 Å². The summed E-state index contributed by atoms with van der Waals surface area (Å²) in [4.78, 5) is 66.9. The molecule has 2 aliphatic rings. The predicted octanol–water partition coefficient (Wildman–Crippen LogP) is 1.57. The van der Waals surface area contributed by atoms with E-state index in [1.54, 1.807) is 18.3 Å². The van der Waals surface area contributed by atoms with E-state index in [1.165, 1.54) is 12.1 Å². The molecular formula is C24H18N4O5. The third-order valence-electron chi connectivity index (χ3n) is 5.82. The molecule has 1 saturated heterocycles. The maximum atomic E-state index is 12.9. The molecule has 164 valence electrons. The van der Waals surface area contributed by atoms with Crippen LogP contribution in [-0.2, 0) is 16.1 Å². The number of amides is 5. The fourth-order valence-electron chi connectivity index (χ4n) is 4.11. The number of aromatic nitrogens is 1. The average Bonchev–Trinajstić information content (AvgIpc) is 3.07. The largest absolute Gasteiger partial charge is 0.347 e. The van der Waals surface area contributed by atoms with Crippen molar-refractivity contribution in [3.05, 3.63) is 77.1 Å². The van der Waals surface area contributed by atoms with E-state index in [4.69, 9.17) is 0 Å². The van der Waals surface area contributed by atoms with Gasteiger partial charge in [0.1, 0.15) is 11.7 Å². The topological polar surface area (TPSA) is 126 Å². The molecule has 3 heterocycles. The number of rotatable bonds is 4. The van der Waals surface area contributed by atoms with Gasteiger partial charge in [0.05, 0.1) is 11.1 Å². The number of hydrogen-bond acceptors (Lipinski definition) is 6. The Morgan fingerprint density at radius 3 is 2.55 bits per heavy atom. The van der Waals surface area contributed by atoms with Crippen LogP contribution in [0.25, 0.3) is 10.8 Å². The molecule has 1 fully saturated rings. The first kappa shape index (κ1) is 20.5. The number of imide groups is 2. The number of hydrogen-bond donors (Lipinski definition) is 2. The van der Waals surface area contributed by atoms with Gasteiger partial charge in [-0.15, -0.1) is 0 Å². The molecule has 1 aromatic heterocycles. The highest BCUT2D eigenvalue weighted by atomic mass is 16.2. The number of fused-ring (bicyclic) bond motifs is 2. The van der Waals surface area contributed by atoms with Gasteiger partial charge in [-0.3, -0.25) is 39.2 Å². The summed E-state index contributed by atoms with van der Waals surface area (Å²) in [5.74, 6) is -2.61. The molecule has 3 aromatic rings. The van der Waals surface area contributed by atoms with Gasteiger partial charge in [-0.05, 0) is 35.6 Å². The van der Waals surface area contributed by atoms with Gasteiger partial charge in [-0.2, -0.15) is 0 Å². The first-order chi connectivity index (χ1) is 15.9. The molecule has 0 aliphatic carbocycles. The number of piperidine rings is 1. The van der Waals surface area contributed by atoms with E-state index in [1.807, 2.05) is 24.3 Å². The first-order valence-corrected chi connectivity index (χ1v) is 10.4. The van der Waals surface area contributed by atoms with Gasteiger partial charge in [0, 0.05) is 24.5 Å². The predicted molar refractivity (Wildman–Crippen MR) is 116 cm³/mol. The Bertz CT molecular complexity index is 1370. The molecule has 2 aromatic carbocycles. The van der Waals surface area contributed by atoms with Crippen LogP contribution in [0.4, 0.5) is 0 Å². The van der Waals surface area contributed by atoms with Crippen molar-refractivity contribution in [1.82, 2.24) is 20.5 Å². The molecule has 1 unspecified atom stereocenters. The number of carbonyl (C=O) groups is 5. The zero-order valence-electron chi connectivity index (χ0n) is 17.3. The number of carbonyl (C=O) groups excluding carboxylic acids is 5. The quantitative estimate of drug-likeness (QED) is 0.591. The molecule has 33 heavy (non-hydrogen) atoms. The van der Waals surface area contributed by atoms with E-state index in [0.29, 0.717) is 5.56 Å². The van der Waals surface area contributed by atoms with Crippen LogP contribution in [0.3, 0.4) is 0 Å². The molecule has 9 heteroatoms. The number of nitrogens with one attached hydrogen (secondary N) is 2. The van der Waals surface area contributed by atoms with Crippen molar-refractivity contribution in [3.8, 4) is 0 Å². The van der Waals surface area contributed by atoms with Crippen LogP contribution in [0, 0.1) is 0 Å². The summed E-state index contributed by atoms with van der Waals surface area (Å²) in [5, 5.41) is 6.76. The van der Waals surface area contributed by atoms with Gasteiger partial charge in [-0.25, -0.2) is 0 Å². The second kappa shape index (κ2) is 7.94. The second-order valence-electron chi connectivity index (χ2n) is 7.93. The lowest BCUT2D eigenvalue weighted by molar-refractivity contribution is -0.136. The van der Waals surface area contributed by atoms with Crippen LogP contribution >= 0.6 is 0 Å². The lowest BCUT2D eigenvalue weighted by Gasteiger charge is -2.27. The van der Waals surface area contributed by atoms with Crippen molar-refractivity contribution in [1.29, 1.82) is 0 Å². The molecule has 1 atom stereocenters. The van der Waals surface area contributed by atoms with Gasteiger partial charge in [0.25, 0.3) is 17.7 Å². The summed E-state index contributed by atoms with van der Waals surface area (Å²) < 4.78 is 0. The average molecular weight is 442 g/mol. The van der Waals surface area contributed by atoms with Crippen molar-refractivity contribution in [2.45, 2.75) is 25.4 Å². The Kier molecular flexibility index (Phi) is 4.93. The molecule has 9 nitrogen and oxygen atoms in total. The molecule has 2 aliphatic heterocycles. The van der Waals surface area contributed by atoms with E-state index in [0.717, 1.165) is 15.7 Å². The van der Waals surface area contributed by atoms with E-state index < -0.39 is 29.7 Å². The van der Waals surface area contributed by atoms with Gasteiger partial charge < -0.3 is 5.32 Å². The van der Waals surface area contributed by atoms with Crippen LogP contribution in [0.5, 0.6) is 0 Å². The van der Waals surface area contributed by atoms with Crippen LogP contribution in [-0.4, -0.2) is 45.5 Å². The smallest absolute Gasteiger partial charge is 0.270 e. The Morgan fingerprint density at radius 2 is 1.76 bits per heavy atom. The summed E-state index contributed by atoms with van der Waals surface area (Å²) in [7, 11) is 0. The summed E-state index contributed by atoms with van der Waals surface area (Å²) in [6.45, 7) is 0.126. The zero-order valence-corrected chi connectivity index (χ0v) is 17.3. The summed E-state index contributed by atoms with van der Waals surface area (Å²) >= 11 is 0. The molecule has 0 radical (unpaired) electrons. The fourth-order valence-corrected chi connectivity index (χ4v) is 4.11. The van der Waals surface area contributed by atoms with Crippen molar-refractivity contribution in [2.75, 3.05) is 0 Å². The third kappa shape index (κ3) is 3.63. The van der Waals surface area contributed by atoms with Crippen LogP contribution < -0.4 is 10.6 Å². The lowest BCUT2D eigenvalue weighted by Crippen LogP contribution is -2.54. The van der Waals surface area contributed by atoms with Crippen molar-refractivity contribution >= 4 is 40.3 Å². The molecule has 5 rings (SSSR count). The molecular weight excluding hydrogens is 424 g/mol. The number of nitrogens with zero attached hydrogens (tertiary/aromatic N) is 2. The van der Waals surface area contributed by atoms with Crippen LogP contribution in [0.15, 0.2) is 54.7 Å². The highest BCUT2D eigenvalue weighted by molar-refractivity contribution is 6.23. The van der Waals surface area contributed by atoms with Crippen LogP contribution in [0.2, 0.25) is 0 Å². The Morgan fingerprint density at radius 1 is 1.00 bits per heavy atom. The molecule has 5 amide bonds. The molecule has 2 N–H and O–H groups in total. The van der Waals surface area contributed by atoms with Gasteiger partial charge in [-0.1, -0.05) is 30.3 Å². The van der Waals surface area contributed by atoms with Crippen LogP contribution in [0.1, 0.15) is 49.6 Å². The second-order valence-corrected chi connectivity index (χ2v) is 7.93. The van der Waals surface area contributed by atoms with Gasteiger partial charge in [0.2, 0.25) is 11.8 Å². The van der Waals surface area contributed by atoms with Crippen molar-refractivity contribution in [2.24, 2.45) is 0 Å². The highest BCUT2D eigenvalue weighted by Crippen LogP contribution is 2.28. The SMILES string of the molecule is O=C1CCC(N2C(=O)c3ccc(CNC(=O)c4cc5ccccc5cn4)cc3C2=O)C(=O)N1. The number of benzene rings is 2. The normalized spacial score (nSPS) is 17.8. The minimum Gasteiger partial charge on any atom is -0.347 e. The standard InChI is InChI=1S/C24H18N4O5/c29-20-8-7-19(22(31)27-20)28-23(32)16-6-5-13(9-17(16)24(28)33)11-26-21(30)18-10-14-3-1-2-4-15(14)12-25-18/h1-6,9-10,12,19H,7-8,11H2,(H,26,30)(H,27,29,31). The summed E-state index contributed by atoms with van der Waals surface area (Å²) in [6, 6.07) is 13.0. The Hall–Kier alpha value is -4.40. The Balaban J connectivity index is 1.31. The van der Waals surface area contributed by atoms with Crippen molar-refractivity contribution in [3.63, 3.8) is 0 Å². The molecule has 0 spiro atoms. The lowest BCUT2D eigenvalue weighted by atomic mass is 10.0. The van der Waals surface area contributed by atoms with E-state index in [-0.39, 0.29) is 42.1 Å². The van der Waals surface area contributed by atoms with E-state index >= 15 is 0 Å². The maximum absolute atomic E-state index is 12.9. The monoisotopic (exact) mass is 442 g/mol. The van der Waals surface area contributed by atoms with Crippen molar-refractivity contribution < 1.29 is 24.0 Å². The maximum Gasteiger partial charge on any atom is 0.270 e. The number of pyridine rings is 1. The minimum absolute atomic E-state index is 0.0594. The fraction of sp³-hybridized carbons (Fsp3) is 0.167. The first-order valence-electron chi connectivity index (χ1n) is 10.4. The molecule has 0 bridgehead atoms. The van der Waals surface area contributed by atoms with Gasteiger partial charge in [0.15, 0.2) is 0 Å². The minimum atomic E-state index is -1.02. The van der Waals surface area contributed by atoms with E-state index in [2.05, 4.69) is 15.6 Å².